The summed E-state index contributed by atoms with van der Waals surface area (Å²) < 4.78 is 27.1. The van der Waals surface area contributed by atoms with Crippen LogP contribution in [0.25, 0.3) is 42.4 Å². The lowest BCUT2D eigenvalue weighted by Crippen LogP contribution is -2.25. The largest absolute Gasteiger partial charge is 0.493 e. The number of anilines is 6. The summed E-state index contributed by atoms with van der Waals surface area (Å²) >= 11 is 4.06. The molecule has 0 atom stereocenters. The summed E-state index contributed by atoms with van der Waals surface area (Å²) in [4.78, 5) is 10.6. The summed E-state index contributed by atoms with van der Waals surface area (Å²) in [6.45, 7) is 27.8. The van der Waals surface area contributed by atoms with Crippen LogP contribution in [0, 0.1) is 34.6 Å². The maximum Gasteiger partial charge on any atom is 0.146 e. The van der Waals surface area contributed by atoms with Gasteiger partial charge in [0.25, 0.3) is 0 Å². The lowest BCUT2D eigenvalue weighted by Gasteiger charge is -2.31. The first kappa shape index (κ1) is 83.2. The zero-order chi connectivity index (χ0) is 75.9. The van der Waals surface area contributed by atoms with E-state index in [1.165, 1.54) is 249 Å². The molecule has 0 spiro atoms. The Labute approximate surface area is 662 Å². The number of hydrogen-bond donors (Lipinski definition) is 0. The van der Waals surface area contributed by atoms with Crippen LogP contribution < -0.4 is 28.7 Å². The standard InChI is InChI=1S/C100H134N2O4S2/c1-12-18-24-30-34-40-62-103-87-54-58-93(95(72-87)105-64-42-36-32-26-20-14-3)101(91-56-44-75(7)66-77(91)9)85-50-46-80(47-51-85)82-69-83(71-84(70-82)97-74-90-99(108-97)98-89(68-79(11)107-98)100(90,60-38-28-22-16-5)61-39-29-23-17-6)81-48-52-86(53-49-81)102(92-57-45-76(8)67-78(92)10)94-59-55-88(104-63-41-35-31-25-19-13-2)73-96(94)106-65-43-37-33-27-21-15-4/h44-59,66-74H,12-43,60-65H2,1-11H3. The maximum atomic E-state index is 6.97. The van der Waals surface area contributed by atoms with Gasteiger partial charge in [-0.1, -0.05) is 281 Å². The summed E-state index contributed by atoms with van der Waals surface area (Å²) in [5.41, 5.74) is 20.6. The molecule has 6 nitrogen and oxygen atoms in total. The van der Waals surface area contributed by atoms with E-state index >= 15 is 0 Å². The van der Waals surface area contributed by atoms with Gasteiger partial charge < -0.3 is 28.7 Å². The van der Waals surface area contributed by atoms with Crippen molar-refractivity contribution < 1.29 is 18.9 Å². The lowest BCUT2D eigenvalue weighted by molar-refractivity contribution is 0.290. The molecule has 108 heavy (non-hydrogen) atoms. The van der Waals surface area contributed by atoms with Crippen molar-refractivity contribution in [1.82, 2.24) is 0 Å². The van der Waals surface area contributed by atoms with E-state index in [0.717, 1.165) is 95.6 Å². The number of ether oxygens (including phenoxy) is 4. The number of unbranched alkanes of at least 4 members (excludes halogenated alkanes) is 26. The predicted molar refractivity (Wildman–Crippen MR) is 471 cm³/mol. The van der Waals surface area contributed by atoms with E-state index in [4.69, 9.17) is 18.9 Å². The number of benzene rings is 7. The van der Waals surface area contributed by atoms with Crippen molar-refractivity contribution in [1.29, 1.82) is 0 Å². The van der Waals surface area contributed by atoms with E-state index in [2.05, 4.69) is 238 Å². The third-order valence-corrected chi connectivity index (χ3v) is 24.8. The molecule has 7 aromatic carbocycles. The molecule has 0 amide bonds. The highest BCUT2D eigenvalue weighted by Gasteiger charge is 2.45. The van der Waals surface area contributed by atoms with Crippen LogP contribution in [0.3, 0.4) is 0 Å². The first-order valence-electron chi connectivity index (χ1n) is 43.1. The molecule has 0 N–H and O–H groups in total. The Morgan fingerprint density at radius 1 is 0.287 bits per heavy atom. The highest BCUT2D eigenvalue weighted by Crippen LogP contribution is 2.61. The number of hydrogen-bond acceptors (Lipinski definition) is 8. The molecule has 0 saturated carbocycles. The molecule has 0 bridgehead atoms. The van der Waals surface area contributed by atoms with Crippen LogP contribution >= 0.6 is 22.7 Å². The molecule has 0 unspecified atom stereocenters. The molecule has 0 aliphatic heterocycles. The molecule has 2 heterocycles. The van der Waals surface area contributed by atoms with Crippen LogP contribution in [0.5, 0.6) is 23.0 Å². The van der Waals surface area contributed by atoms with Gasteiger partial charge in [-0.05, 0) is 214 Å². The van der Waals surface area contributed by atoms with Gasteiger partial charge in [-0.3, -0.25) is 0 Å². The van der Waals surface area contributed by atoms with Gasteiger partial charge in [0.2, 0.25) is 0 Å². The van der Waals surface area contributed by atoms with E-state index in [0.29, 0.717) is 26.4 Å². The molecule has 0 fully saturated rings. The second-order valence-corrected chi connectivity index (χ2v) is 33.8. The van der Waals surface area contributed by atoms with Gasteiger partial charge in [0.05, 0.1) is 37.8 Å². The average Bonchev–Trinajstić information content (AvgIpc) is 1.55. The second kappa shape index (κ2) is 44.0. The fourth-order valence-electron chi connectivity index (χ4n) is 16.3. The van der Waals surface area contributed by atoms with Gasteiger partial charge >= 0.3 is 0 Å². The number of fused-ring (bicyclic) bond motifs is 3. The first-order valence-corrected chi connectivity index (χ1v) is 44.7. The monoisotopic (exact) mass is 1490 g/mol. The van der Waals surface area contributed by atoms with E-state index < -0.39 is 0 Å². The first-order chi connectivity index (χ1) is 52.9. The highest BCUT2D eigenvalue weighted by atomic mass is 32.1. The van der Waals surface area contributed by atoms with Gasteiger partial charge in [-0.2, -0.15) is 0 Å². The van der Waals surface area contributed by atoms with E-state index in [-0.39, 0.29) is 5.41 Å². The van der Waals surface area contributed by atoms with Crippen LogP contribution in [-0.2, 0) is 5.41 Å². The minimum atomic E-state index is 0.0290. The Morgan fingerprint density at radius 3 is 1.03 bits per heavy atom. The second-order valence-electron chi connectivity index (χ2n) is 31.5. The molecule has 1 aliphatic rings. The smallest absolute Gasteiger partial charge is 0.146 e. The molecule has 0 saturated heterocycles. The van der Waals surface area contributed by atoms with E-state index in [9.17, 15) is 0 Å². The third kappa shape index (κ3) is 22.9. The minimum absolute atomic E-state index is 0.0290. The maximum absolute atomic E-state index is 6.97. The number of rotatable bonds is 51. The number of nitrogens with zero attached hydrogens (tertiary/aromatic N) is 2. The zero-order valence-corrected chi connectivity index (χ0v) is 70.3. The molecule has 10 rings (SSSR count). The highest BCUT2D eigenvalue weighted by molar-refractivity contribution is 7.24. The van der Waals surface area contributed by atoms with Gasteiger partial charge in [0.1, 0.15) is 23.0 Å². The Morgan fingerprint density at radius 2 is 0.630 bits per heavy atom. The number of thiophene rings is 2. The van der Waals surface area contributed by atoms with Crippen LogP contribution in [0.1, 0.15) is 298 Å². The summed E-state index contributed by atoms with van der Waals surface area (Å²) in [7, 11) is 0. The fraction of sp³-hybridized carbons (Fsp3) is 0.500. The molecule has 8 heteroatoms. The van der Waals surface area contributed by atoms with Gasteiger partial charge in [0, 0.05) is 59.8 Å². The molecule has 2 aromatic heterocycles. The molecular weight excluding hydrogens is 1360 g/mol. The normalized spacial score (nSPS) is 12.2. The summed E-state index contributed by atoms with van der Waals surface area (Å²) in [5.74, 6) is 3.44. The van der Waals surface area contributed by atoms with Gasteiger partial charge in [0.15, 0.2) is 0 Å². The minimum Gasteiger partial charge on any atom is -0.493 e. The van der Waals surface area contributed by atoms with Crippen molar-refractivity contribution in [3.8, 4) is 65.4 Å². The van der Waals surface area contributed by atoms with Crippen LogP contribution in [0.4, 0.5) is 34.1 Å². The van der Waals surface area contributed by atoms with Crippen LogP contribution in [0.2, 0.25) is 0 Å². The third-order valence-electron chi connectivity index (χ3n) is 22.4. The van der Waals surface area contributed by atoms with Crippen molar-refractivity contribution in [2.75, 3.05) is 36.2 Å². The summed E-state index contributed by atoms with van der Waals surface area (Å²) in [6, 6.07) is 58.3. The van der Waals surface area contributed by atoms with Crippen LogP contribution in [0.15, 0.2) is 152 Å². The van der Waals surface area contributed by atoms with Crippen molar-refractivity contribution in [2.45, 2.75) is 300 Å². The summed E-state index contributed by atoms with van der Waals surface area (Å²) in [6.07, 6.45) is 41.8. The quantitative estimate of drug-likeness (QED) is 0.0354. The van der Waals surface area contributed by atoms with Crippen molar-refractivity contribution >= 4 is 56.8 Å². The fourth-order valence-corrected chi connectivity index (χ4v) is 18.8. The lowest BCUT2D eigenvalue weighted by atomic mass is 9.71. The predicted octanol–water partition coefficient (Wildman–Crippen LogP) is 32.5. The Balaban J connectivity index is 1.07. The molecular formula is C100H134N2O4S2. The molecule has 9 aromatic rings. The van der Waals surface area contributed by atoms with Crippen molar-refractivity contribution in [2.24, 2.45) is 0 Å². The summed E-state index contributed by atoms with van der Waals surface area (Å²) in [5, 5.41) is 0. The van der Waals surface area contributed by atoms with Crippen molar-refractivity contribution in [3.63, 3.8) is 0 Å². The Kier molecular flexibility index (Phi) is 33.9. The Hall–Kier alpha value is -7.26. The molecule has 580 valence electrons. The zero-order valence-electron chi connectivity index (χ0n) is 68.6. The molecule has 1 aliphatic carbocycles. The van der Waals surface area contributed by atoms with Gasteiger partial charge in [-0.25, -0.2) is 0 Å². The molecule has 0 radical (unpaired) electrons. The van der Waals surface area contributed by atoms with Gasteiger partial charge in [-0.15, -0.1) is 22.7 Å². The Bertz CT molecular complexity index is 3930. The average molecular weight is 1490 g/mol. The topological polar surface area (TPSA) is 43.4 Å². The van der Waals surface area contributed by atoms with Crippen molar-refractivity contribution in [3.05, 3.63) is 190 Å². The van der Waals surface area contributed by atoms with E-state index in [1.807, 2.05) is 22.7 Å². The SMILES string of the molecule is CCCCCCCCOc1ccc(N(c2ccc(-c3cc(-c4ccc(N(c5ccc(C)cc5C)c5ccc(OCCCCCCCC)cc5OCCCCCCCC)cc4)cc(-c4cc5c(s4)-c4sc(C)cc4C5(CCCCCC)CCCCCC)c3)cc2)c2ccc(C)cc2C)c(OCCCCCCCC)c1. The number of aryl methyl sites for hydroxylation is 5. The van der Waals surface area contributed by atoms with E-state index in [1.54, 1.807) is 11.1 Å². The van der Waals surface area contributed by atoms with Crippen LogP contribution in [-0.4, -0.2) is 26.4 Å².